The Morgan fingerprint density at radius 3 is 2.45 bits per heavy atom. The number of halogens is 3. The van der Waals surface area contributed by atoms with E-state index in [0.29, 0.717) is 6.54 Å². The van der Waals surface area contributed by atoms with Gasteiger partial charge >= 0.3 is 18.2 Å². The van der Waals surface area contributed by atoms with Crippen LogP contribution in [0, 0.1) is 22.0 Å². The van der Waals surface area contributed by atoms with E-state index in [0.717, 1.165) is 16.7 Å². The number of imidazole rings is 1. The molecule has 0 spiro atoms. The van der Waals surface area contributed by atoms with E-state index >= 15 is 0 Å². The highest BCUT2D eigenvalue weighted by Crippen LogP contribution is 2.27. The normalized spacial score (nSPS) is 15.1. The van der Waals surface area contributed by atoms with Gasteiger partial charge in [-0.1, -0.05) is 36.1 Å². The van der Waals surface area contributed by atoms with Gasteiger partial charge in [0.1, 0.15) is 31.3 Å². The molecule has 0 saturated heterocycles. The summed E-state index contributed by atoms with van der Waals surface area (Å²) in [4.78, 5) is 14.0. The molecule has 2 heterocycles. The molecule has 1 unspecified atom stereocenters. The minimum atomic E-state index is -4.72. The first-order chi connectivity index (χ1) is 15.8. The second kappa shape index (κ2) is 9.22. The van der Waals surface area contributed by atoms with Gasteiger partial charge in [-0.15, -0.1) is 13.2 Å². The molecule has 4 rings (SSSR count). The number of hydrogen-bond acceptors (Lipinski definition) is 6. The fraction of sp³-hybridized carbons (Fsp3) is 0.227. The topological polar surface area (TPSA) is 88.7 Å². The first-order valence-corrected chi connectivity index (χ1v) is 9.68. The molecule has 0 amide bonds. The zero-order valence-electron chi connectivity index (χ0n) is 16.9. The van der Waals surface area contributed by atoms with Crippen molar-refractivity contribution >= 4 is 5.82 Å². The van der Waals surface area contributed by atoms with Crippen molar-refractivity contribution in [1.29, 1.82) is 0 Å². The van der Waals surface area contributed by atoms with Gasteiger partial charge in [-0.2, -0.15) is 0 Å². The minimum absolute atomic E-state index is 0.141. The van der Waals surface area contributed by atoms with E-state index in [9.17, 15) is 23.3 Å². The molecule has 1 atom stereocenters. The van der Waals surface area contributed by atoms with Crippen LogP contribution in [0.1, 0.15) is 5.56 Å². The number of nitrogens with zero attached hydrogens (tertiary/aromatic N) is 3. The first-order valence-electron chi connectivity index (χ1n) is 9.68. The van der Waals surface area contributed by atoms with Crippen LogP contribution in [0.2, 0.25) is 0 Å². The van der Waals surface area contributed by atoms with Gasteiger partial charge < -0.3 is 24.3 Å². The van der Waals surface area contributed by atoms with E-state index < -0.39 is 11.3 Å². The van der Waals surface area contributed by atoms with Crippen LogP contribution in [0.15, 0.2) is 54.7 Å². The van der Waals surface area contributed by atoms with Gasteiger partial charge in [-0.25, -0.2) is 0 Å². The number of hydrogen-bond donors (Lipinski definition) is 0. The van der Waals surface area contributed by atoms with Crippen molar-refractivity contribution in [3.63, 3.8) is 0 Å². The molecule has 1 aliphatic heterocycles. The SMILES string of the molecule is O=[N+]([O-])c1cn2c(n1)OCC(OCC#Cc1ccc(-c3ccc(OC(F)(F)F)cc3)cc1)C2. The molecule has 3 aromatic rings. The van der Waals surface area contributed by atoms with Crippen LogP contribution in [-0.2, 0) is 11.3 Å². The standard InChI is InChI=1S/C22H16F3N3O5/c23-22(24,25)33-18-9-7-17(8-10-18)16-5-3-15(4-6-16)2-1-11-31-19-12-27-13-20(28(29)30)26-21(27)32-14-19/h3-10,13,19H,11-12,14H2. The molecule has 0 N–H and O–H groups in total. The minimum Gasteiger partial charge on any atom is -0.443 e. The Kier molecular flexibility index (Phi) is 6.19. The van der Waals surface area contributed by atoms with E-state index in [-0.39, 0.29) is 36.9 Å². The Hall–Kier alpha value is -4.04. The van der Waals surface area contributed by atoms with E-state index in [4.69, 9.17) is 9.47 Å². The van der Waals surface area contributed by atoms with Crippen molar-refractivity contribution in [1.82, 2.24) is 9.55 Å². The maximum Gasteiger partial charge on any atom is 0.573 e. The Morgan fingerprint density at radius 2 is 1.82 bits per heavy atom. The molecule has 11 heteroatoms. The second-order valence-electron chi connectivity index (χ2n) is 6.99. The number of benzene rings is 2. The summed E-state index contributed by atoms with van der Waals surface area (Å²) in [5.41, 5.74) is 2.30. The van der Waals surface area contributed by atoms with Crippen molar-refractivity contribution in [2.75, 3.05) is 13.2 Å². The summed E-state index contributed by atoms with van der Waals surface area (Å²) in [5.74, 6) is 5.31. The molecule has 8 nitrogen and oxygen atoms in total. The van der Waals surface area contributed by atoms with Gasteiger partial charge in [-0.3, -0.25) is 4.57 Å². The average Bonchev–Trinajstić information content (AvgIpc) is 3.21. The second-order valence-corrected chi connectivity index (χ2v) is 6.99. The van der Waals surface area contributed by atoms with Crippen LogP contribution in [0.4, 0.5) is 19.0 Å². The van der Waals surface area contributed by atoms with Gasteiger partial charge in [0.05, 0.1) is 6.54 Å². The predicted octanol–water partition coefficient (Wildman–Crippen LogP) is 4.19. The summed E-state index contributed by atoms with van der Waals surface area (Å²) < 4.78 is 53.2. The highest BCUT2D eigenvalue weighted by molar-refractivity contribution is 5.65. The molecule has 0 saturated carbocycles. The summed E-state index contributed by atoms with van der Waals surface area (Å²) in [6.45, 7) is 0.735. The summed E-state index contributed by atoms with van der Waals surface area (Å²) in [6, 6.07) is 13.0. The van der Waals surface area contributed by atoms with Gasteiger partial charge in [0.25, 0.3) is 0 Å². The van der Waals surface area contributed by atoms with Crippen molar-refractivity contribution in [3.8, 4) is 34.7 Å². The molecular weight excluding hydrogens is 443 g/mol. The number of nitro groups is 1. The lowest BCUT2D eigenvalue weighted by Crippen LogP contribution is -2.32. The highest BCUT2D eigenvalue weighted by atomic mass is 19.4. The first kappa shape index (κ1) is 22.2. The molecule has 0 fully saturated rings. The molecule has 0 aliphatic carbocycles. The lowest BCUT2D eigenvalue weighted by atomic mass is 10.0. The third kappa shape index (κ3) is 5.81. The zero-order valence-corrected chi connectivity index (χ0v) is 16.9. The highest BCUT2D eigenvalue weighted by Gasteiger charge is 2.31. The quantitative estimate of drug-likeness (QED) is 0.323. The molecule has 0 bridgehead atoms. The Balaban J connectivity index is 1.29. The fourth-order valence-corrected chi connectivity index (χ4v) is 3.15. The Bertz CT molecular complexity index is 1200. The van der Waals surface area contributed by atoms with Crippen LogP contribution in [0.3, 0.4) is 0 Å². The van der Waals surface area contributed by atoms with Crippen LogP contribution in [0.5, 0.6) is 11.8 Å². The maximum atomic E-state index is 12.3. The lowest BCUT2D eigenvalue weighted by molar-refractivity contribution is -0.389. The van der Waals surface area contributed by atoms with Crippen LogP contribution >= 0.6 is 0 Å². The van der Waals surface area contributed by atoms with Crippen LogP contribution < -0.4 is 9.47 Å². The molecule has 170 valence electrons. The molecule has 2 aromatic carbocycles. The van der Waals surface area contributed by atoms with E-state index in [1.165, 1.54) is 22.9 Å². The fourth-order valence-electron chi connectivity index (χ4n) is 3.15. The van der Waals surface area contributed by atoms with E-state index in [1.807, 2.05) is 12.1 Å². The van der Waals surface area contributed by atoms with Gasteiger partial charge in [0.15, 0.2) is 0 Å². The molecule has 33 heavy (non-hydrogen) atoms. The van der Waals surface area contributed by atoms with Crippen LogP contribution in [-0.4, -0.2) is 40.2 Å². The van der Waals surface area contributed by atoms with Gasteiger partial charge in [-0.05, 0) is 40.3 Å². The molecular formula is C22H16F3N3O5. The lowest BCUT2D eigenvalue weighted by Gasteiger charge is -2.21. The monoisotopic (exact) mass is 459 g/mol. The Morgan fingerprint density at radius 1 is 1.15 bits per heavy atom. The summed E-state index contributed by atoms with van der Waals surface area (Å²) in [5, 5.41) is 10.8. The van der Waals surface area contributed by atoms with Crippen molar-refractivity contribution < 1.29 is 32.3 Å². The third-order valence-electron chi connectivity index (χ3n) is 4.64. The molecule has 1 aromatic heterocycles. The number of aromatic nitrogens is 2. The van der Waals surface area contributed by atoms with Gasteiger partial charge in [0.2, 0.25) is 0 Å². The van der Waals surface area contributed by atoms with Crippen LogP contribution in [0.25, 0.3) is 11.1 Å². The Labute approximate surface area is 185 Å². The zero-order chi connectivity index (χ0) is 23.4. The van der Waals surface area contributed by atoms with Gasteiger partial charge in [0, 0.05) is 10.5 Å². The third-order valence-corrected chi connectivity index (χ3v) is 4.64. The summed E-state index contributed by atoms with van der Waals surface area (Å²) >= 11 is 0. The number of ether oxygens (including phenoxy) is 3. The molecule has 1 aliphatic rings. The average molecular weight is 459 g/mol. The van der Waals surface area contributed by atoms with Crippen molar-refractivity contribution in [2.45, 2.75) is 19.0 Å². The predicted molar refractivity (Wildman–Crippen MR) is 110 cm³/mol. The van der Waals surface area contributed by atoms with Crippen molar-refractivity contribution in [3.05, 3.63) is 70.4 Å². The number of fused-ring (bicyclic) bond motifs is 1. The summed E-state index contributed by atoms with van der Waals surface area (Å²) in [6.07, 6.45) is -3.74. The van der Waals surface area contributed by atoms with E-state index in [2.05, 4.69) is 21.6 Å². The summed E-state index contributed by atoms with van der Waals surface area (Å²) in [7, 11) is 0. The number of rotatable bonds is 5. The molecule has 0 radical (unpaired) electrons. The maximum absolute atomic E-state index is 12.3. The number of alkyl halides is 3. The van der Waals surface area contributed by atoms with Crippen molar-refractivity contribution in [2.24, 2.45) is 0 Å². The smallest absolute Gasteiger partial charge is 0.443 e. The largest absolute Gasteiger partial charge is 0.573 e. The van der Waals surface area contributed by atoms with E-state index in [1.54, 1.807) is 24.3 Å².